The molecule has 8 heteroatoms. The Balaban J connectivity index is 1.91. The van der Waals surface area contributed by atoms with Gasteiger partial charge in [0.25, 0.3) is 0 Å². The lowest BCUT2D eigenvalue weighted by atomic mass is 10.1. The minimum absolute atomic E-state index is 0.370. The van der Waals surface area contributed by atoms with Crippen molar-refractivity contribution in [2.45, 2.75) is 45.2 Å². The number of hydrogen-bond donors (Lipinski definition) is 2. The number of benzene rings is 1. The average Bonchev–Trinajstić information content (AvgIpc) is 3.00. The van der Waals surface area contributed by atoms with E-state index in [-0.39, 0.29) is 0 Å². The third-order valence-corrected chi connectivity index (χ3v) is 5.28. The van der Waals surface area contributed by atoms with Crippen molar-refractivity contribution in [1.82, 2.24) is 20.4 Å². The van der Waals surface area contributed by atoms with E-state index in [0.717, 1.165) is 48.7 Å². The van der Waals surface area contributed by atoms with E-state index in [4.69, 9.17) is 0 Å². The molecule has 2 rings (SSSR count). The van der Waals surface area contributed by atoms with Gasteiger partial charge in [0, 0.05) is 32.1 Å². The molecule has 0 fully saturated rings. The van der Waals surface area contributed by atoms with Crippen LogP contribution in [0.4, 0.5) is 0 Å². The van der Waals surface area contributed by atoms with Gasteiger partial charge in [-0.2, -0.15) is 5.10 Å². The zero-order valence-electron chi connectivity index (χ0n) is 16.5. The van der Waals surface area contributed by atoms with Crippen LogP contribution in [-0.2, 0) is 22.9 Å². The largest absolute Gasteiger partial charge is 0.357 e. The number of aromatic nitrogens is 2. The maximum atomic E-state index is 11.7. The normalized spacial score (nSPS) is 12.2. The van der Waals surface area contributed by atoms with Crippen molar-refractivity contribution in [2.75, 3.05) is 19.3 Å². The Bertz CT molecular complexity index is 887. The van der Waals surface area contributed by atoms with Gasteiger partial charge in [0.1, 0.15) is 0 Å². The molecule has 0 radical (unpaired) electrons. The summed E-state index contributed by atoms with van der Waals surface area (Å²) in [6, 6.07) is 5.35. The van der Waals surface area contributed by atoms with Gasteiger partial charge in [-0.25, -0.2) is 13.4 Å². The number of aryl methyl sites for hydroxylation is 3. The van der Waals surface area contributed by atoms with Gasteiger partial charge in [0.05, 0.1) is 17.6 Å². The van der Waals surface area contributed by atoms with E-state index in [0.29, 0.717) is 11.4 Å². The van der Waals surface area contributed by atoms with E-state index in [1.165, 1.54) is 6.26 Å². The Labute approximate surface area is 161 Å². The maximum absolute atomic E-state index is 11.7. The smallest absolute Gasteiger partial charge is 0.191 e. The van der Waals surface area contributed by atoms with Crippen molar-refractivity contribution in [1.29, 1.82) is 0 Å². The second-order valence-electron chi connectivity index (χ2n) is 6.63. The number of hydrogen-bond acceptors (Lipinski definition) is 4. The first kappa shape index (κ1) is 21.0. The molecule has 0 amide bonds. The molecule has 0 atom stereocenters. The second kappa shape index (κ2) is 9.55. The molecule has 0 saturated carbocycles. The number of sulfone groups is 1. The van der Waals surface area contributed by atoms with E-state index >= 15 is 0 Å². The molecule has 148 valence electrons. The van der Waals surface area contributed by atoms with E-state index in [2.05, 4.69) is 20.7 Å². The fourth-order valence-corrected chi connectivity index (χ4v) is 3.73. The molecule has 1 heterocycles. The van der Waals surface area contributed by atoms with Crippen LogP contribution in [0.1, 0.15) is 30.0 Å². The monoisotopic (exact) mass is 391 g/mol. The van der Waals surface area contributed by atoms with Crippen LogP contribution in [0.2, 0.25) is 0 Å². The van der Waals surface area contributed by atoms with Gasteiger partial charge in [-0.1, -0.05) is 12.1 Å². The Hall–Kier alpha value is -2.35. The number of guanidine groups is 1. The molecule has 0 unspecified atom stereocenters. The van der Waals surface area contributed by atoms with Crippen LogP contribution in [0.25, 0.3) is 0 Å². The van der Waals surface area contributed by atoms with Crippen molar-refractivity contribution in [2.24, 2.45) is 4.99 Å². The van der Waals surface area contributed by atoms with E-state index < -0.39 is 9.84 Å². The number of nitrogens with zero attached hydrogens (tertiary/aromatic N) is 3. The summed E-state index contributed by atoms with van der Waals surface area (Å²) in [6.07, 6.45) is 6.05. The van der Waals surface area contributed by atoms with Crippen molar-refractivity contribution in [3.05, 3.63) is 47.3 Å². The highest BCUT2D eigenvalue weighted by molar-refractivity contribution is 7.90. The minimum atomic E-state index is -3.19. The van der Waals surface area contributed by atoms with Gasteiger partial charge < -0.3 is 10.6 Å². The minimum Gasteiger partial charge on any atom is -0.357 e. The Morgan fingerprint density at radius 2 is 2.04 bits per heavy atom. The first-order valence-electron chi connectivity index (χ1n) is 9.10. The van der Waals surface area contributed by atoms with Crippen LogP contribution in [0.3, 0.4) is 0 Å². The molecule has 2 aromatic rings. The molecular weight excluding hydrogens is 362 g/mol. The summed E-state index contributed by atoms with van der Waals surface area (Å²) in [5.41, 5.74) is 2.89. The Kier molecular flexibility index (Phi) is 7.41. The van der Waals surface area contributed by atoms with Gasteiger partial charge in [-0.3, -0.25) is 4.68 Å². The topological polar surface area (TPSA) is 88.4 Å². The summed E-state index contributed by atoms with van der Waals surface area (Å²) >= 11 is 0. The highest BCUT2D eigenvalue weighted by Crippen LogP contribution is 2.17. The zero-order chi connectivity index (χ0) is 19.9. The molecule has 2 N–H and O–H groups in total. The van der Waals surface area contributed by atoms with Crippen LogP contribution in [0.5, 0.6) is 0 Å². The van der Waals surface area contributed by atoms with Gasteiger partial charge in [0.15, 0.2) is 15.8 Å². The first-order chi connectivity index (χ1) is 12.8. The van der Waals surface area contributed by atoms with Gasteiger partial charge in [-0.15, -0.1) is 0 Å². The van der Waals surface area contributed by atoms with Crippen molar-refractivity contribution in [3.63, 3.8) is 0 Å². The predicted molar refractivity (Wildman–Crippen MR) is 109 cm³/mol. The van der Waals surface area contributed by atoms with Gasteiger partial charge in [-0.05, 0) is 49.9 Å². The number of nitrogens with one attached hydrogen (secondary N) is 2. The van der Waals surface area contributed by atoms with Crippen LogP contribution in [-0.4, -0.2) is 43.5 Å². The highest BCUT2D eigenvalue weighted by Gasteiger charge is 2.10. The summed E-state index contributed by atoms with van der Waals surface area (Å²) in [7, 11) is -3.19. The SMILES string of the molecule is CCNC(=NCc1ccc(S(C)(=O)=O)c(C)c1)NCCCn1cc(C)cn1. The van der Waals surface area contributed by atoms with Crippen LogP contribution in [0, 0.1) is 13.8 Å². The van der Waals surface area contributed by atoms with Crippen molar-refractivity contribution >= 4 is 15.8 Å². The summed E-state index contributed by atoms with van der Waals surface area (Å²) in [4.78, 5) is 4.96. The molecule has 27 heavy (non-hydrogen) atoms. The maximum Gasteiger partial charge on any atom is 0.191 e. The fraction of sp³-hybridized carbons (Fsp3) is 0.474. The molecule has 0 spiro atoms. The van der Waals surface area contributed by atoms with E-state index in [1.54, 1.807) is 6.07 Å². The summed E-state index contributed by atoms with van der Waals surface area (Å²) in [5, 5.41) is 10.8. The fourth-order valence-electron chi connectivity index (χ4n) is 2.78. The molecule has 7 nitrogen and oxygen atoms in total. The van der Waals surface area contributed by atoms with Crippen molar-refractivity contribution < 1.29 is 8.42 Å². The number of aliphatic imine (C=N–C) groups is 1. The standard InChI is InChI=1S/C19H29N5O2S/c1-5-20-19(21-9-6-10-24-14-15(2)12-23-24)22-13-17-7-8-18(16(3)11-17)27(4,25)26/h7-8,11-12,14H,5-6,9-10,13H2,1-4H3,(H2,20,21,22). The third-order valence-electron chi connectivity index (χ3n) is 4.02. The van der Waals surface area contributed by atoms with Gasteiger partial charge >= 0.3 is 0 Å². The molecule has 0 saturated heterocycles. The first-order valence-corrected chi connectivity index (χ1v) is 11.0. The predicted octanol–water partition coefficient (Wildman–Crippen LogP) is 2.05. The summed E-state index contributed by atoms with van der Waals surface area (Å²) in [6.45, 7) is 8.76. The zero-order valence-corrected chi connectivity index (χ0v) is 17.3. The van der Waals surface area contributed by atoms with Gasteiger partial charge in [0.2, 0.25) is 0 Å². The summed E-state index contributed by atoms with van der Waals surface area (Å²) in [5.74, 6) is 0.749. The molecule has 1 aromatic carbocycles. The quantitative estimate of drug-likeness (QED) is 0.408. The average molecular weight is 392 g/mol. The lowest BCUT2D eigenvalue weighted by molar-refractivity contribution is 0.570. The lowest BCUT2D eigenvalue weighted by Gasteiger charge is -2.12. The van der Waals surface area contributed by atoms with Crippen LogP contribution < -0.4 is 10.6 Å². The number of rotatable bonds is 8. The molecule has 0 aliphatic carbocycles. The highest BCUT2D eigenvalue weighted by atomic mass is 32.2. The second-order valence-corrected chi connectivity index (χ2v) is 8.61. The summed E-state index contributed by atoms with van der Waals surface area (Å²) < 4.78 is 25.4. The Morgan fingerprint density at radius 1 is 1.26 bits per heavy atom. The molecule has 1 aromatic heterocycles. The Morgan fingerprint density at radius 3 is 2.63 bits per heavy atom. The lowest BCUT2D eigenvalue weighted by Crippen LogP contribution is -2.38. The molecule has 0 aliphatic rings. The van der Waals surface area contributed by atoms with Crippen molar-refractivity contribution in [3.8, 4) is 0 Å². The van der Waals surface area contributed by atoms with Crippen LogP contribution >= 0.6 is 0 Å². The molecular formula is C19H29N5O2S. The third kappa shape index (κ3) is 6.71. The molecule has 0 aliphatic heterocycles. The molecule has 0 bridgehead atoms. The van der Waals surface area contributed by atoms with E-state index in [1.807, 2.05) is 50.0 Å². The van der Waals surface area contributed by atoms with Crippen LogP contribution in [0.15, 0.2) is 40.5 Å². The van der Waals surface area contributed by atoms with E-state index in [9.17, 15) is 8.42 Å².